The number of nitrogens with two attached hydrogens (primary N) is 1. The number of carbonyl (C=O) groups is 2. The van der Waals surface area contributed by atoms with Crippen LogP contribution in [-0.4, -0.2) is 11.8 Å². The number of hydrogen-bond acceptors (Lipinski definition) is 3. The minimum atomic E-state index is -0.391. The number of hydrogen-bond donors (Lipinski definition) is 2. The largest absolute Gasteiger partial charge is 0.369 e. The Hall–Kier alpha value is -2.51. The molecule has 0 bridgehead atoms. The summed E-state index contributed by atoms with van der Waals surface area (Å²) >= 11 is 4.99. The standard InChI is InChI=1S/C20H16BrFN2O2S/c21-16-10-15(11-18(23)25)27-20(16)12-5-7-14(8-6-12)24-19(26)9-13-3-1-2-4-17(13)22/h1-8,10H,9,11H2,(H2,23,25)(H,24,26). The van der Waals surface area contributed by atoms with Gasteiger partial charge in [-0.25, -0.2) is 4.39 Å². The van der Waals surface area contributed by atoms with Gasteiger partial charge in [-0.15, -0.1) is 11.3 Å². The molecule has 0 aliphatic rings. The molecule has 0 spiro atoms. The highest BCUT2D eigenvalue weighted by molar-refractivity contribution is 9.10. The summed E-state index contributed by atoms with van der Waals surface area (Å²) in [5.74, 6) is -1.05. The Morgan fingerprint density at radius 3 is 2.44 bits per heavy atom. The summed E-state index contributed by atoms with van der Waals surface area (Å²) in [6.45, 7) is 0. The maximum atomic E-state index is 13.6. The molecular weight excluding hydrogens is 431 g/mol. The average molecular weight is 447 g/mol. The first kappa shape index (κ1) is 19.3. The normalized spacial score (nSPS) is 10.6. The first-order valence-electron chi connectivity index (χ1n) is 8.12. The van der Waals surface area contributed by atoms with Gasteiger partial charge >= 0.3 is 0 Å². The minimum Gasteiger partial charge on any atom is -0.369 e. The maximum Gasteiger partial charge on any atom is 0.228 e. The van der Waals surface area contributed by atoms with E-state index in [-0.39, 0.29) is 24.7 Å². The van der Waals surface area contributed by atoms with Gasteiger partial charge in [0.1, 0.15) is 5.82 Å². The fraction of sp³-hybridized carbons (Fsp3) is 0.100. The molecule has 2 aromatic carbocycles. The molecule has 138 valence electrons. The zero-order chi connectivity index (χ0) is 19.4. The smallest absolute Gasteiger partial charge is 0.228 e. The minimum absolute atomic E-state index is 0.0264. The van der Waals surface area contributed by atoms with Gasteiger partial charge in [0.25, 0.3) is 0 Å². The summed E-state index contributed by atoms with van der Waals surface area (Å²) in [7, 11) is 0. The van der Waals surface area contributed by atoms with E-state index in [1.165, 1.54) is 17.4 Å². The van der Waals surface area contributed by atoms with Gasteiger partial charge < -0.3 is 11.1 Å². The van der Waals surface area contributed by atoms with E-state index in [2.05, 4.69) is 21.2 Å². The van der Waals surface area contributed by atoms with Gasteiger partial charge in [0, 0.05) is 19.9 Å². The number of amides is 2. The molecule has 1 heterocycles. The molecule has 0 aliphatic heterocycles. The number of rotatable bonds is 6. The van der Waals surface area contributed by atoms with Crippen molar-refractivity contribution in [2.24, 2.45) is 5.73 Å². The Kier molecular flexibility index (Phi) is 6.03. The van der Waals surface area contributed by atoms with Crippen LogP contribution in [0.2, 0.25) is 0 Å². The molecule has 1 aromatic heterocycles. The maximum absolute atomic E-state index is 13.6. The Bertz CT molecular complexity index is 986. The van der Waals surface area contributed by atoms with Crippen molar-refractivity contribution in [2.75, 3.05) is 5.32 Å². The number of nitrogens with one attached hydrogen (secondary N) is 1. The van der Waals surface area contributed by atoms with E-state index in [1.54, 1.807) is 30.3 Å². The third-order valence-electron chi connectivity index (χ3n) is 3.83. The zero-order valence-electron chi connectivity index (χ0n) is 14.2. The number of carbonyl (C=O) groups excluding carboxylic acids is 2. The molecule has 2 amide bonds. The van der Waals surface area contributed by atoms with Gasteiger partial charge in [0.05, 0.1) is 12.8 Å². The predicted octanol–water partition coefficient (Wildman–Crippen LogP) is 4.53. The van der Waals surface area contributed by atoms with Gasteiger partial charge in [-0.2, -0.15) is 0 Å². The lowest BCUT2D eigenvalue weighted by Crippen LogP contribution is -2.15. The van der Waals surface area contributed by atoms with E-state index in [0.717, 1.165) is 19.8 Å². The van der Waals surface area contributed by atoms with E-state index < -0.39 is 5.82 Å². The van der Waals surface area contributed by atoms with E-state index in [4.69, 9.17) is 5.73 Å². The molecule has 27 heavy (non-hydrogen) atoms. The highest BCUT2D eigenvalue weighted by atomic mass is 79.9. The van der Waals surface area contributed by atoms with Gasteiger partial charge in [-0.1, -0.05) is 30.3 Å². The highest BCUT2D eigenvalue weighted by Gasteiger charge is 2.12. The van der Waals surface area contributed by atoms with Crippen LogP contribution in [0, 0.1) is 5.82 Å². The van der Waals surface area contributed by atoms with Crippen LogP contribution in [0.1, 0.15) is 10.4 Å². The second kappa shape index (κ2) is 8.45. The number of benzene rings is 2. The van der Waals surface area contributed by atoms with Crippen LogP contribution in [0.4, 0.5) is 10.1 Å². The summed E-state index contributed by atoms with van der Waals surface area (Å²) in [6.07, 6.45) is 0.175. The van der Waals surface area contributed by atoms with Crippen molar-refractivity contribution in [1.29, 1.82) is 0 Å². The van der Waals surface area contributed by atoms with Crippen LogP contribution in [0.3, 0.4) is 0 Å². The molecule has 0 fully saturated rings. The van der Waals surface area contributed by atoms with Crippen LogP contribution >= 0.6 is 27.3 Å². The van der Waals surface area contributed by atoms with Crippen LogP contribution in [-0.2, 0) is 22.4 Å². The third kappa shape index (κ3) is 5.02. The number of anilines is 1. The van der Waals surface area contributed by atoms with Crippen molar-refractivity contribution in [1.82, 2.24) is 0 Å². The van der Waals surface area contributed by atoms with Crippen molar-refractivity contribution in [2.45, 2.75) is 12.8 Å². The molecular formula is C20H16BrFN2O2S. The van der Waals surface area contributed by atoms with E-state index in [9.17, 15) is 14.0 Å². The Balaban J connectivity index is 1.68. The van der Waals surface area contributed by atoms with Gasteiger partial charge in [-0.05, 0) is 51.3 Å². The summed E-state index contributed by atoms with van der Waals surface area (Å²) in [5.41, 5.74) is 7.18. The van der Waals surface area contributed by atoms with Gasteiger partial charge in [-0.3, -0.25) is 9.59 Å². The van der Waals surface area contributed by atoms with Crippen molar-refractivity contribution >= 4 is 44.8 Å². The molecule has 3 aromatic rings. The van der Waals surface area contributed by atoms with Crippen LogP contribution in [0.5, 0.6) is 0 Å². The zero-order valence-corrected chi connectivity index (χ0v) is 16.6. The van der Waals surface area contributed by atoms with Crippen molar-refractivity contribution in [3.63, 3.8) is 0 Å². The molecule has 4 nitrogen and oxygen atoms in total. The van der Waals surface area contributed by atoms with Crippen molar-refractivity contribution < 1.29 is 14.0 Å². The van der Waals surface area contributed by atoms with E-state index in [0.29, 0.717) is 11.3 Å². The van der Waals surface area contributed by atoms with Crippen molar-refractivity contribution in [3.8, 4) is 10.4 Å². The predicted molar refractivity (Wildman–Crippen MR) is 109 cm³/mol. The lowest BCUT2D eigenvalue weighted by atomic mass is 10.1. The molecule has 0 aliphatic carbocycles. The fourth-order valence-corrected chi connectivity index (χ4v) is 4.56. The molecule has 3 N–H and O–H groups in total. The van der Waals surface area contributed by atoms with E-state index >= 15 is 0 Å². The van der Waals surface area contributed by atoms with Crippen molar-refractivity contribution in [3.05, 3.63) is 75.3 Å². The summed E-state index contributed by atoms with van der Waals surface area (Å²) < 4.78 is 14.5. The first-order valence-corrected chi connectivity index (χ1v) is 9.73. The molecule has 0 unspecified atom stereocenters. The first-order chi connectivity index (χ1) is 12.9. The van der Waals surface area contributed by atoms with Gasteiger partial charge in [0.15, 0.2) is 0 Å². The Morgan fingerprint density at radius 1 is 1.07 bits per heavy atom. The fourth-order valence-electron chi connectivity index (χ4n) is 2.60. The summed E-state index contributed by atoms with van der Waals surface area (Å²) in [6, 6.07) is 15.4. The topological polar surface area (TPSA) is 72.2 Å². The van der Waals surface area contributed by atoms with E-state index in [1.807, 2.05) is 18.2 Å². The molecule has 0 saturated heterocycles. The number of thiophene rings is 1. The molecule has 0 atom stereocenters. The van der Waals surface area contributed by atoms with Gasteiger partial charge in [0.2, 0.25) is 11.8 Å². The number of primary amides is 1. The quantitative estimate of drug-likeness (QED) is 0.583. The molecule has 0 radical (unpaired) electrons. The lowest BCUT2D eigenvalue weighted by molar-refractivity contribution is -0.117. The number of halogens is 2. The third-order valence-corrected chi connectivity index (χ3v) is 5.90. The second-order valence-electron chi connectivity index (χ2n) is 5.93. The summed E-state index contributed by atoms with van der Waals surface area (Å²) in [4.78, 5) is 25.1. The Labute approximate surface area is 168 Å². The van der Waals surface area contributed by atoms with Crippen LogP contribution in [0.15, 0.2) is 59.1 Å². The highest BCUT2D eigenvalue weighted by Crippen LogP contribution is 2.37. The summed E-state index contributed by atoms with van der Waals surface area (Å²) in [5, 5.41) is 2.77. The SMILES string of the molecule is NC(=O)Cc1cc(Br)c(-c2ccc(NC(=O)Cc3ccccc3F)cc2)s1. The molecule has 3 rings (SSSR count). The second-order valence-corrected chi connectivity index (χ2v) is 7.92. The Morgan fingerprint density at radius 2 is 1.78 bits per heavy atom. The monoisotopic (exact) mass is 446 g/mol. The average Bonchev–Trinajstić information content (AvgIpc) is 2.97. The molecule has 0 saturated carbocycles. The van der Waals surface area contributed by atoms with Crippen LogP contribution < -0.4 is 11.1 Å². The molecule has 7 heteroatoms. The lowest BCUT2D eigenvalue weighted by Gasteiger charge is -2.07. The van der Waals surface area contributed by atoms with Crippen LogP contribution in [0.25, 0.3) is 10.4 Å².